The Hall–Kier alpha value is -0.880. The average Bonchev–Trinajstić information content (AvgIpc) is 2.12. The minimum Gasteiger partial charge on any atom is -0.389 e. The molecule has 0 amide bonds. The minimum absolute atomic E-state index is 0.212. The fourth-order valence-electron chi connectivity index (χ4n) is 0.945. The first-order valence-corrected chi connectivity index (χ1v) is 5.28. The fourth-order valence-corrected chi connectivity index (χ4v) is 1.44. The summed E-state index contributed by atoms with van der Waals surface area (Å²) in [5, 5.41) is 16.3. The van der Waals surface area contributed by atoms with Gasteiger partial charge in [0.25, 0.3) is 5.56 Å². The van der Waals surface area contributed by atoms with Gasteiger partial charge in [-0.15, -0.1) is 0 Å². The standard InChI is InChI=1S/C9H14BrN3O2/c1-9(2,15)5-11-6-4-12-13(3)8(14)7(6)10/h4,11,15H,5H2,1-3H3. The van der Waals surface area contributed by atoms with Gasteiger partial charge < -0.3 is 10.4 Å². The van der Waals surface area contributed by atoms with E-state index in [1.165, 1.54) is 10.9 Å². The van der Waals surface area contributed by atoms with Crippen molar-refractivity contribution < 1.29 is 5.11 Å². The van der Waals surface area contributed by atoms with E-state index < -0.39 is 5.60 Å². The SMILES string of the molecule is Cn1ncc(NCC(C)(C)O)c(Br)c1=O. The largest absolute Gasteiger partial charge is 0.389 e. The molecule has 5 nitrogen and oxygen atoms in total. The lowest BCUT2D eigenvalue weighted by Crippen LogP contribution is -2.30. The normalized spacial score (nSPS) is 11.5. The quantitative estimate of drug-likeness (QED) is 0.854. The zero-order chi connectivity index (χ0) is 11.6. The van der Waals surface area contributed by atoms with Crippen LogP contribution in [-0.2, 0) is 7.05 Å². The highest BCUT2D eigenvalue weighted by Crippen LogP contribution is 2.16. The van der Waals surface area contributed by atoms with Crippen molar-refractivity contribution in [3.8, 4) is 0 Å². The minimum atomic E-state index is -0.833. The Kier molecular flexibility index (Phi) is 3.51. The molecular formula is C9H14BrN3O2. The molecule has 0 unspecified atom stereocenters. The van der Waals surface area contributed by atoms with Crippen LogP contribution in [0.1, 0.15) is 13.8 Å². The zero-order valence-electron chi connectivity index (χ0n) is 8.91. The molecule has 0 saturated heterocycles. The van der Waals surface area contributed by atoms with Crippen molar-refractivity contribution in [2.24, 2.45) is 7.05 Å². The first kappa shape index (κ1) is 12.2. The summed E-state index contributed by atoms with van der Waals surface area (Å²) < 4.78 is 1.66. The smallest absolute Gasteiger partial charge is 0.282 e. The molecule has 0 spiro atoms. The fraction of sp³-hybridized carbons (Fsp3) is 0.556. The third kappa shape index (κ3) is 3.32. The summed E-state index contributed by atoms with van der Waals surface area (Å²) in [5.74, 6) is 0. The molecule has 0 aliphatic rings. The third-order valence-electron chi connectivity index (χ3n) is 1.79. The monoisotopic (exact) mass is 275 g/mol. The molecule has 6 heteroatoms. The molecule has 2 N–H and O–H groups in total. The number of aryl methyl sites for hydroxylation is 1. The molecule has 1 aromatic heterocycles. The molecule has 0 fully saturated rings. The summed E-state index contributed by atoms with van der Waals surface area (Å²) in [5.41, 5.74) is -0.462. The van der Waals surface area contributed by atoms with Crippen LogP contribution in [0.4, 0.5) is 5.69 Å². The Balaban J connectivity index is 2.89. The van der Waals surface area contributed by atoms with E-state index in [0.717, 1.165) is 0 Å². The molecule has 0 aliphatic carbocycles. The summed E-state index contributed by atoms with van der Waals surface area (Å²) in [7, 11) is 1.58. The number of aliphatic hydroxyl groups is 1. The number of anilines is 1. The Bertz CT molecular complexity index is 409. The number of halogens is 1. The number of nitrogens with one attached hydrogen (secondary N) is 1. The van der Waals surface area contributed by atoms with Crippen molar-refractivity contribution in [2.75, 3.05) is 11.9 Å². The first-order valence-electron chi connectivity index (χ1n) is 4.49. The summed E-state index contributed by atoms with van der Waals surface area (Å²) >= 11 is 3.18. The molecule has 1 aromatic rings. The average molecular weight is 276 g/mol. The Morgan fingerprint density at radius 3 is 2.80 bits per heavy atom. The maximum Gasteiger partial charge on any atom is 0.282 e. The second kappa shape index (κ2) is 4.32. The van der Waals surface area contributed by atoms with Gasteiger partial charge in [0.05, 0.1) is 17.5 Å². The van der Waals surface area contributed by atoms with Crippen LogP contribution < -0.4 is 10.9 Å². The topological polar surface area (TPSA) is 67.2 Å². The Morgan fingerprint density at radius 1 is 1.67 bits per heavy atom. The van der Waals surface area contributed by atoms with E-state index in [-0.39, 0.29) is 5.56 Å². The number of hydrogen-bond donors (Lipinski definition) is 2. The molecule has 0 aromatic carbocycles. The van der Waals surface area contributed by atoms with Crippen LogP contribution in [0.3, 0.4) is 0 Å². The van der Waals surface area contributed by atoms with E-state index in [9.17, 15) is 9.90 Å². The van der Waals surface area contributed by atoms with Crippen molar-refractivity contribution in [1.29, 1.82) is 0 Å². The lowest BCUT2D eigenvalue weighted by atomic mass is 10.1. The van der Waals surface area contributed by atoms with Crippen molar-refractivity contribution in [3.05, 3.63) is 21.0 Å². The van der Waals surface area contributed by atoms with E-state index in [0.29, 0.717) is 16.7 Å². The lowest BCUT2D eigenvalue weighted by molar-refractivity contribution is 0.0945. The molecule has 0 saturated carbocycles. The van der Waals surface area contributed by atoms with Gasteiger partial charge in [-0.1, -0.05) is 0 Å². The van der Waals surface area contributed by atoms with Crippen molar-refractivity contribution in [1.82, 2.24) is 9.78 Å². The van der Waals surface area contributed by atoms with Crippen LogP contribution >= 0.6 is 15.9 Å². The second-order valence-corrected chi connectivity index (χ2v) is 4.76. The lowest BCUT2D eigenvalue weighted by Gasteiger charge is -2.18. The summed E-state index contributed by atoms with van der Waals surface area (Å²) in [4.78, 5) is 11.5. The van der Waals surface area contributed by atoms with Gasteiger partial charge in [0.2, 0.25) is 0 Å². The van der Waals surface area contributed by atoms with Gasteiger partial charge >= 0.3 is 0 Å². The number of aromatic nitrogens is 2. The highest BCUT2D eigenvalue weighted by Gasteiger charge is 2.13. The van der Waals surface area contributed by atoms with Gasteiger partial charge in [-0.05, 0) is 29.8 Å². The molecule has 15 heavy (non-hydrogen) atoms. The maximum atomic E-state index is 11.5. The molecule has 84 valence electrons. The van der Waals surface area contributed by atoms with Crippen molar-refractivity contribution in [3.63, 3.8) is 0 Å². The molecular weight excluding hydrogens is 262 g/mol. The molecule has 0 radical (unpaired) electrons. The van der Waals surface area contributed by atoms with Gasteiger partial charge in [-0.25, -0.2) is 4.68 Å². The van der Waals surface area contributed by atoms with Gasteiger partial charge in [0.1, 0.15) is 4.47 Å². The number of nitrogens with zero attached hydrogens (tertiary/aromatic N) is 2. The van der Waals surface area contributed by atoms with E-state index in [1.54, 1.807) is 20.9 Å². The van der Waals surface area contributed by atoms with E-state index in [4.69, 9.17) is 0 Å². The number of hydrogen-bond acceptors (Lipinski definition) is 4. The van der Waals surface area contributed by atoms with Crippen LogP contribution in [0.15, 0.2) is 15.5 Å². The van der Waals surface area contributed by atoms with Crippen LogP contribution in [-0.4, -0.2) is 27.0 Å². The number of rotatable bonds is 3. The van der Waals surface area contributed by atoms with Gasteiger partial charge in [-0.3, -0.25) is 4.79 Å². The predicted molar refractivity (Wildman–Crippen MR) is 62.0 cm³/mol. The molecule has 1 heterocycles. The van der Waals surface area contributed by atoms with Gasteiger partial charge in [0.15, 0.2) is 0 Å². The summed E-state index contributed by atoms with van der Waals surface area (Å²) in [6.45, 7) is 3.71. The van der Waals surface area contributed by atoms with E-state index >= 15 is 0 Å². The molecule has 0 bridgehead atoms. The second-order valence-electron chi connectivity index (χ2n) is 3.97. The van der Waals surface area contributed by atoms with Crippen LogP contribution in [0.5, 0.6) is 0 Å². The van der Waals surface area contributed by atoms with E-state index in [1.807, 2.05) is 0 Å². The first-order chi connectivity index (χ1) is 6.81. The summed E-state index contributed by atoms with van der Waals surface area (Å²) in [6.07, 6.45) is 1.54. The zero-order valence-corrected chi connectivity index (χ0v) is 10.5. The highest BCUT2D eigenvalue weighted by atomic mass is 79.9. The van der Waals surface area contributed by atoms with Crippen LogP contribution in [0.2, 0.25) is 0 Å². The van der Waals surface area contributed by atoms with E-state index in [2.05, 4.69) is 26.3 Å². The van der Waals surface area contributed by atoms with Crippen molar-refractivity contribution in [2.45, 2.75) is 19.4 Å². The third-order valence-corrected chi connectivity index (χ3v) is 2.56. The van der Waals surface area contributed by atoms with Crippen molar-refractivity contribution >= 4 is 21.6 Å². The summed E-state index contributed by atoms with van der Waals surface area (Å²) in [6, 6.07) is 0. The van der Waals surface area contributed by atoms with Crippen LogP contribution in [0.25, 0.3) is 0 Å². The maximum absolute atomic E-state index is 11.5. The predicted octanol–water partition coefficient (Wildman–Crippen LogP) is 0.726. The Morgan fingerprint density at radius 2 is 2.27 bits per heavy atom. The Labute approximate surface area is 96.2 Å². The van der Waals surface area contributed by atoms with Gasteiger partial charge in [0, 0.05) is 13.6 Å². The molecule has 0 atom stereocenters. The van der Waals surface area contributed by atoms with Crippen LogP contribution in [0, 0.1) is 0 Å². The highest BCUT2D eigenvalue weighted by molar-refractivity contribution is 9.10. The molecule has 1 rings (SSSR count). The molecule has 0 aliphatic heterocycles. The van der Waals surface area contributed by atoms with Gasteiger partial charge in [-0.2, -0.15) is 5.10 Å².